The number of aliphatic hydroxyl groups excluding tert-OH is 1. The van der Waals surface area contributed by atoms with Crippen LogP contribution >= 0.6 is 11.6 Å². The van der Waals surface area contributed by atoms with Gasteiger partial charge in [-0.15, -0.1) is 0 Å². The second-order valence-corrected chi connectivity index (χ2v) is 8.94. The lowest BCUT2D eigenvalue weighted by Crippen LogP contribution is -2.31. The molecule has 3 aromatic carbocycles. The summed E-state index contributed by atoms with van der Waals surface area (Å²) in [5, 5.41) is 11.5. The van der Waals surface area contributed by atoms with Crippen LogP contribution in [0.25, 0.3) is 5.76 Å². The molecule has 1 unspecified atom stereocenters. The Balaban J connectivity index is 1.71. The molecule has 1 N–H and O–H groups in total. The Morgan fingerprint density at radius 2 is 1.68 bits per heavy atom. The summed E-state index contributed by atoms with van der Waals surface area (Å²) in [7, 11) is 3.06. The van der Waals surface area contributed by atoms with E-state index in [1.165, 1.54) is 18.1 Å². The van der Waals surface area contributed by atoms with Gasteiger partial charge in [-0.1, -0.05) is 54.1 Å². The van der Waals surface area contributed by atoms with E-state index in [2.05, 4.69) is 0 Å². The Hall–Kier alpha value is -3.81. The number of Topliss-reactive ketones (excluding diaryl/α,β-unsaturated/α-hetero) is 1. The van der Waals surface area contributed by atoms with Crippen molar-refractivity contribution in [1.82, 2.24) is 4.90 Å². The predicted molar refractivity (Wildman–Crippen MR) is 141 cm³/mol. The summed E-state index contributed by atoms with van der Waals surface area (Å²) in [6, 6.07) is 20.9. The number of carbonyl (C=O) groups is 2. The third-order valence-electron chi connectivity index (χ3n) is 6.16. The van der Waals surface area contributed by atoms with Crippen molar-refractivity contribution >= 4 is 29.1 Å². The van der Waals surface area contributed by atoms with Crippen LogP contribution in [0, 0.1) is 0 Å². The van der Waals surface area contributed by atoms with Gasteiger partial charge in [-0.2, -0.15) is 0 Å². The first-order chi connectivity index (χ1) is 17.9. The van der Waals surface area contributed by atoms with E-state index in [1.54, 1.807) is 43.5 Å². The van der Waals surface area contributed by atoms with E-state index < -0.39 is 17.7 Å². The number of benzene rings is 3. The van der Waals surface area contributed by atoms with Crippen LogP contribution in [0.2, 0.25) is 5.02 Å². The molecule has 1 aliphatic rings. The number of aliphatic hydroxyl groups is 1. The lowest BCUT2D eigenvalue weighted by Gasteiger charge is -2.25. The lowest BCUT2D eigenvalue weighted by molar-refractivity contribution is -0.140. The average Bonchev–Trinajstić information content (AvgIpc) is 3.18. The quantitative estimate of drug-likeness (QED) is 0.167. The van der Waals surface area contributed by atoms with Crippen LogP contribution in [-0.2, 0) is 20.9 Å². The third-order valence-corrected chi connectivity index (χ3v) is 6.49. The summed E-state index contributed by atoms with van der Waals surface area (Å²) in [5.74, 6) is -0.725. The summed E-state index contributed by atoms with van der Waals surface area (Å²) < 4.78 is 16.3. The Labute approximate surface area is 220 Å². The van der Waals surface area contributed by atoms with Gasteiger partial charge in [-0.25, -0.2) is 0 Å². The number of hydrogen-bond acceptors (Lipinski definition) is 6. The highest BCUT2D eigenvalue weighted by molar-refractivity contribution is 6.47. The van der Waals surface area contributed by atoms with E-state index in [4.69, 9.17) is 25.8 Å². The first-order valence-electron chi connectivity index (χ1n) is 11.8. The molecule has 1 amide bonds. The smallest absolute Gasteiger partial charge is 0.295 e. The van der Waals surface area contributed by atoms with Gasteiger partial charge in [-0.3, -0.25) is 9.59 Å². The average molecular weight is 522 g/mol. The molecule has 0 radical (unpaired) electrons. The Bertz CT molecular complexity index is 1290. The fourth-order valence-corrected chi connectivity index (χ4v) is 4.49. The van der Waals surface area contributed by atoms with Crippen molar-refractivity contribution in [3.8, 4) is 11.5 Å². The number of ether oxygens (including phenoxy) is 3. The number of rotatable bonds is 10. The summed E-state index contributed by atoms with van der Waals surface area (Å²) in [6.07, 6.45) is 0.526. The van der Waals surface area contributed by atoms with Gasteiger partial charge < -0.3 is 24.2 Å². The number of likely N-dealkylation sites (tertiary alicyclic amines) is 1. The number of hydrogen-bond donors (Lipinski definition) is 1. The number of nitrogens with zero attached hydrogens (tertiary/aromatic N) is 1. The van der Waals surface area contributed by atoms with Crippen molar-refractivity contribution in [3.05, 3.63) is 100 Å². The zero-order valence-corrected chi connectivity index (χ0v) is 21.4. The minimum Gasteiger partial charge on any atom is -0.507 e. The number of ketones is 1. The van der Waals surface area contributed by atoms with Crippen molar-refractivity contribution in [1.29, 1.82) is 0 Å². The van der Waals surface area contributed by atoms with E-state index in [9.17, 15) is 14.7 Å². The van der Waals surface area contributed by atoms with Gasteiger partial charge in [0.05, 0.1) is 23.7 Å². The molecule has 37 heavy (non-hydrogen) atoms. The summed E-state index contributed by atoms with van der Waals surface area (Å²) in [4.78, 5) is 27.7. The highest BCUT2D eigenvalue weighted by atomic mass is 35.5. The topological polar surface area (TPSA) is 85.3 Å². The third kappa shape index (κ3) is 5.79. The maximum Gasteiger partial charge on any atom is 0.295 e. The van der Waals surface area contributed by atoms with E-state index in [0.717, 1.165) is 5.56 Å². The summed E-state index contributed by atoms with van der Waals surface area (Å²) in [6.45, 7) is 1.10. The first kappa shape index (κ1) is 26.3. The molecule has 1 saturated heterocycles. The number of amides is 1. The van der Waals surface area contributed by atoms with E-state index in [-0.39, 0.29) is 28.5 Å². The van der Waals surface area contributed by atoms with Crippen LogP contribution in [-0.4, -0.2) is 49.1 Å². The molecule has 1 aliphatic heterocycles. The molecule has 0 bridgehead atoms. The highest BCUT2D eigenvalue weighted by Crippen LogP contribution is 2.41. The molecular weight excluding hydrogens is 494 g/mol. The van der Waals surface area contributed by atoms with Crippen LogP contribution in [0.5, 0.6) is 11.5 Å². The van der Waals surface area contributed by atoms with Gasteiger partial charge in [0.25, 0.3) is 11.7 Å². The minimum atomic E-state index is -0.803. The molecule has 8 heteroatoms. The molecule has 0 aromatic heterocycles. The van der Waals surface area contributed by atoms with Crippen molar-refractivity contribution in [2.75, 3.05) is 27.4 Å². The zero-order valence-electron chi connectivity index (χ0n) is 20.6. The van der Waals surface area contributed by atoms with Crippen molar-refractivity contribution < 1.29 is 28.9 Å². The Kier molecular flexibility index (Phi) is 8.48. The minimum absolute atomic E-state index is 0.0319. The maximum absolute atomic E-state index is 13.2. The molecule has 1 atom stereocenters. The van der Waals surface area contributed by atoms with E-state index in [0.29, 0.717) is 36.7 Å². The molecule has 4 rings (SSSR count). The van der Waals surface area contributed by atoms with Gasteiger partial charge in [0, 0.05) is 25.8 Å². The van der Waals surface area contributed by atoms with Gasteiger partial charge in [0.1, 0.15) is 23.9 Å². The monoisotopic (exact) mass is 521 g/mol. The van der Waals surface area contributed by atoms with Crippen LogP contribution in [0.3, 0.4) is 0 Å². The van der Waals surface area contributed by atoms with E-state index in [1.807, 2.05) is 30.3 Å². The van der Waals surface area contributed by atoms with Crippen LogP contribution in [0.4, 0.5) is 0 Å². The zero-order chi connectivity index (χ0) is 26.4. The SMILES string of the molecule is COCCCN1C(=O)C(=O)/C(=C(/O)c2cc(OC)ccc2Cl)C1c1ccc(OCc2ccccc2)cc1. The Morgan fingerprint density at radius 1 is 0.973 bits per heavy atom. The largest absolute Gasteiger partial charge is 0.507 e. The molecule has 1 fully saturated rings. The maximum atomic E-state index is 13.2. The second kappa shape index (κ2) is 12.0. The predicted octanol–water partition coefficient (Wildman–Crippen LogP) is 5.39. The van der Waals surface area contributed by atoms with Crippen LogP contribution < -0.4 is 9.47 Å². The van der Waals surface area contributed by atoms with Crippen molar-refractivity contribution in [3.63, 3.8) is 0 Å². The molecular formula is C29H28ClNO6. The van der Waals surface area contributed by atoms with E-state index >= 15 is 0 Å². The van der Waals surface area contributed by atoms with Gasteiger partial charge in [0.15, 0.2) is 0 Å². The Morgan fingerprint density at radius 3 is 2.35 bits per heavy atom. The second-order valence-electron chi connectivity index (χ2n) is 8.53. The van der Waals surface area contributed by atoms with Gasteiger partial charge >= 0.3 is 0 Å². The molecule has 1 heterocycles. The summed E-state index contributed by atoms with van der Waals surface area (Å²) in [5.41, 5.74) is 1.87. The molecule has 0 saturated carbocycles. The normalized spacial score (nSPS) is 16.7. The van der Waals surface area contributed by atoms with Crippen LogP contribution in [0.1, 0.15) is 29.2 Å². The number of methoxy groups -OCH3 is 2. The molecule has 0 spiro atoms. The molecule has 192 valence electrons. The van der Waals surface area contributed by atoms with Gasteiger partial charge in [-0.05, 0) is 47.9 Å². The fourth-order valence-electron chi connectivity index (χ4n) is 4.28. The first-order valence-corrected chi connectivity index (χ1v) is 12.2. The standard InChI is InChI=1S/C29H28ClNO6/c1-35-16-6-15-31-26(20-9-11-21(12-10-20)37-18-19-7-4-3-5-8-19)25(28(33)29(31)34)27(32)23-17-22(36-2)13-14-24(23)30/h3-5,7-14,17,26,32H,6,15-16,18H2,1-2H3/b27-25+. The lowest BCUT2D eigenvalue weighted by atomic mass is 9.95. The van der Waals surface area contributed by atoms with Gasteiger partial charge in [0.2, 0.25) is 0 Å². The van der Waals surface area contributed by atoms with Crippen molar-refractivity contribution in [2.45, 2.75) is 19.1 Å². The number of carbonyl (C=O) groups excluding carboxylic acids is 2. The highest BCUT2D eigenvalue weighted by Gasteiger charge is 2.46. The van der Waals surface area contributed by atoms with Crippen LogP contribution in [0.15, 0.2) is 78.4 Å². The number of halogens is 1. The molecule has 3 aromatic rings. The fraction of sp³-hybridized carbons (Fsp3) is 0.241. The molecule has 7 nitrogen and oxygen atoms in total. The summed E-state index contributed by atoms with van der Waals surface area (Å²) >= 11 is 6.36. The molecule has 0 aliphatic carbocycles. The van der Waals surface area contributed by atoms with Crippen molar-refractivity contribution in [2.24, 2.45) is 0 Å².